The van der Waals surface area contributed by atoms with Gasteiger partial charge in [0.15, 0.2) is 0 Å². The van der Waals surface area contributed by atoms with E-state index < -0.39 is 12.0 Å². The summed E-state index contributed by atoms with van der Waals surface area (Å²) in [6.45, 7) is 2.06. The monoisotopic (exact) mass is 251 g/mol. The largest absolute Gasteiger partial charge is 0.466 e. The van der Waals surface area contributed by atoms with E-state index in [9.17, 15) is 9.59 Å². The first-order chi connectivity index (χ1) is 8.58. The molecule has 0 aliphatic carbocycles. The lowest BCUT2D eigenvalue weighted by molar-refractivity contribution is -0.143. The topological polar surface area (TPSA) is 78.6 Å². The van der Waals surface area contributed by atoms with E-state index in [1.165, 1.54) is 7.11 Å². The molecule has 0 aliphatic heterocycles. The summed E-state index contributed by atoms with van der Waals surface area (Å²) in [5.74, 6) is -0.784. The van der Waals surface area contributed by atoms with E-state index in [0.717, 1.165) is 0 Å². The fourth-order valence-corrected chi connectivity index (χ4v) is 1.53. The van der Waals surface area contributed by atoms with Crippen molar-refractivity contribution in [1.82, 2.24) is 0 Å². The number of hydrogen-bond acceptors (Lipinski definition) is 5. The number of carbonyl (C=O) groups excluding carboxylic acids is 2. The van der Waals surface area contributed by atoms with Crippen molar-refractivity contribution < 1.29 is 19.1 Å². The van der Waals surface area contributed by atoms with Crippen molar-refractivity contribution in [3.8, 4) is 0 Å². The van der Waals surface area contributed by atoms with E-state index >= 15 is 0 Å². The van der Waals surface area contributed by atoms with Crippen LogP contribution in [-0.2, 0) is 14.3 Å². The molecule has 0 bridgehead atoms. The standard InChI is InChI=1S/C13H17NO4/c1-3-18-12(15)8-11(14)9-5-4-6-10(7-9)13(16)17-2/h4-7,11H,3,8,14H2,1-2H3/t11-/m1/s1. The fourth-order valence-electron chi connectivity index (χ4n) is 1.53. The van der Waals surface area contributed by atoms with Gasteiger partial charge in [-0.05, 0) is 24.6 Å². The van der Waals surface area contributed by atoms with Crippen molar-refractivity contribution in [3.05, 3.63) is 35.4 Å². The molecule has 0 aromatic heterocycles. The summed E-state index contributed by atoms with van der Waals surface area (Å²) in [7, 11) is 1.31. The van der Waals surface area contributed by atoms with Gasteiger partial charge in [0.05, 0.1) is 25.7 Å². The molecule has 98 valence electrons. The highest BCUT2D eigenvalue weighted by atomic mass is 16.5. The SMILES string of the molecule is CCOC(=O)C[C@@H](N)c1cccc(C(=O)OC)c1. The molecule has 1 aromatic rings. The molecule has 0 fully saturated rings. The van der Waals surface area contributed by atoms with Crippen molar-refractivity contribution in [2.45, 2.75) is 19.4 Å². The highest BCUT2D eigenvalue weighted by Crippen LogP contribution is 2.16. The summed E-state index contributed by atoms with van der Waals surface area (Å²) in [6, 6.07) is 6.22. The lowest BCUT2D eigenvalue weighted by atomic mass is 10.0. The van der Waals surface area contributed by atoms with Crippen LogP contribution in [0.4, 0.5) is 0 Å². The number of rotatable bonds is 5. The predicted octanol–water partition coefficient (Wildman–Crippen LogP) is 1.43. The number of nitrogens with two attached hydrogens (primary N) is 1. The molecule has 0 heterocycles. The summed E-state index contributed by atoms with van der Waals surface area (Å²) in [5.41, 5.74) is 7.00. The molecule has 1 atom stereocenters. The number of benzene rings is 1. The lowest BCUT2D eigenvalue weighted by Crippen LogP contribution is -2.17. The van der Waals surface area contributed by atoms with Gasteiger partial charge in [-0.1, -0.05) is 12.1 Å². The maximum Gasteiger partial charge on any atom is 0.337 e. The maximum absolute atomic E-state index is 11.4. The van der Waals surface area contributed by atoms with Crippen LogP contribution in [0.2, 0.25) is 0 Å². The highest BCUT2D eigenvalue weighted by molar-refractivity contribution is 5.89. The maximum atomic E-state index is 11.4. The molecule has 0 saturated heterocycles. The average Bonchev–Trinajstić information content (AvgIpc) is 2.38. The van der Waals surface area contributed by atoms with Gasteiger partial charge >= 0.3 is 11.9 Å². The molecule has 0 aliphatic rings. The van der Waals surface area contributed by atoms with Crippen LogP contribution in [0.15, 0.2) is 24.3 Å². The molecule has 5 heteroatoms. The summed E-state index contributed by atoms with van der Waals surface area (Å²) >= 11 is 0. The van der Waals surface area contributed by atoms with Crippen molar-refractivity contribution in [1.29, 1.82) is 0 Å². The van der Waals surface area contributed by atoms with Crippen LogP contribution in [0.3, 0.4) is 0 Å². The first kappa shape index (κ1) is 14.2. The zero-order valence-corrected chi connectivity index (χ0v) is 10.5. The minimum absolute atomic E-state index is 0.0818. The summed E-state index contributed by atoms with van der Waals surface area (Å²) < 4.78 is 9.44. The molecular formula is C13H17NO4. The number of methoxy groups -OCH3 is 1. The second-order valence-corrected chi connectivity index (χ2v) is 3.73. The van der Waals surface area contributed by atoms with Gasteiger partial charge in [0.25, 0.3) is 0 Å². The lowest BCUT2D eigenvalue weighted by Gasteiger charge is -2.12. The van der Waals surface area contributed by atoms with Crippen LogP contribution >= 0.6 is 0 Å². The molecule has 18 heavy (non-hydrogen) atoms. The van der Waals surface area contributed by atoms with E-state index in [1.54, 1.807) is 31.2 Å². The Kier molecular flexibility index (Phi) is 5.32. The first-order valence-corrected chi connectivity index (χ1v) is 5.68. The van der Waals surface area contributed by atoms with Crippen LogP contribution in [0.5, 0.6) is 0 Å². The zero-order valence-electron chi connectivity index (χ0n) is 10.5. The minimum atomic E-state index is -0.492. The Hall–Kier alpha value is -1.88. The molecule has 0 amide bonds. The Morgan fingerprint density at radius 3 is 2.72 bits per heavy atom. The third-order valence-electron chi connectivity index (χ3n) is 2.43. The van der Waals surface area contributed by atoms with Crippen molar-refractivity contribution >= 4 is 11.9 Å². The fraction of sp³-hybridized carbons (Fsp3) is 0.385. The number of ether oxygens (including phenoxy) is 2. The Morgan fingerprint density at radius 1 is 1.39 bits per heavy atom. The Morgan fingerprint density at radius 2 is 2.11 bits per heavy atom. The minimum Gasteiger partial charge on any atom is -0.466 e. The van der Waals surface area contributed by atoms with E-state index in [2.05, 4.69) is 4.74 Å². The molecule has 5 nitrogen and oxygen atoms in total. The molecule has 0 spiro atoms. The van der Waals surface area contributed by atoms with Crippen LogP contribution in [-0.4, -0.2) is 25.7 Å². The van der Waals surface area contributed by atoms with Crippen LogP contribution < -0.4 is 5.73 Å². The summed E-state index contributed by atoms with van der Waals surface area (Å²) in [4.78, 5) is 22.7. The van der Waals surface area contributed by atoms with Crippen molar-refractivity contribution in [2.75, 3.05) is 13.7 Å². The Bertz CT molecular complexity index is 431. The van der Waals surface area contributed by atoms with Gasteiger partial charge < -0.3 is 15.2 Å². The Balaban J connectivity index is 2.76. The Labute approximate surface area is 106 Å². The van der Waals surface area contributed by atoms with Gasteiger partial charge in [-0.25, -0.2) is 4.79 Å². The number of esters is 2. The molecule has 1 rings (SSSR count). The second kappa shape index (κ2) is 6.76. The first-order valence-electron chi connectivity index (χ1n) is 5.68. The van der Waals surface area contributed by atoms with Crippen molar-refractivity contribution in [3.63, 3.8) is 0 Å². The summed E-state index contributed by atoms with van der Waals surface area (Å²) in [6.07, 6.45) is 0.0818. The number of hydrogen-bond donors (Lipinski definition) is 1. The van der Waals surface area contributed by atoms with Gasteiger partial charge in [0, 0.05) is 6.04 Å². The van der Waals surface area contributed by atoms with Gasteiger partial charge in [-0.3, -0.25) is 4.79 Å². The summed E-state index contributed by atoms with van der Waals surface area (Å²) in [5, 5.41) is 0. The van der Waals surface area contributed by atoms with Gasteiger partial charge in [0.1, 0.15) is 0 Å². The smallest absolute Gasteiger partial charge is 0.337 e. The molecular weight excluding hydrogens is 234 g/mol. The second-order valence-electron chi connectivity index (χ2n) is 3.73. The molecule has 0 saturated carbocycles. The predicted molar refractivity (Wildman–Crippen MR) is 66.0 cm³/mol. The quantitative estimate of drug-likeness (QED) is 0.801. The van der Waals surface area contributed by atoms with E-state index in [4.69, 9.17) is 10.5 Å². The average molecular weight is 251 g/mol. The van der Waals surface area contributed by atoms with Crippen LogP contribution in [0, 0.1) is 0 Å². The van der Waals surface area contributed by atoms with Gasteiger partial charge in [-0.2, -0.15) is 0 Å². The van der Waals surface area contributed by atoms with Crippen LogP contribution in [0.25, 0.3) is 0 Å². The van der Waals surface area contributed by atoms with E-state index in [0.29, 0.717) is 17.7 Å². The molecule has 0 unspecified atom stereocenters. The van der Waals surface area contributed by atoms with Crippen LogP contribution in [0.1, 0.15) is 35.3 Å². The van der Waals surface area contributed by atoms with Crippen molar-refractivity contribution in [2.24, 2.45) is 5.73 Å². The highest BCUT2D eigenvalue weighted by Gasteiger charge is 2.14. The van der Waals surface area contributed by atoms with Gasteiger partial charge in [0.2, 0.25) is 0 Å². The van der Waals surface area contributed by atoms with E-state index in [-0.39, 0.29) is 12.4 Å². The molecule has 0 radical (unpaired) electrons. The zero-order chi connectivity index (χ0) is 13.5. The normalized spacial score (nSPS) is 11.7. The molecule has 2 N–H and O–H groups in total. The number of carbonyl (C=O) groups is 2. The van der Waals surface area contributed by atoms with Gasteiger partial charge in [-0.15, -0.1) is 0 Å². The third kappa shape index (κ3) is 3.85. The van der Waals surface area contributed by atoms with E-state index in [1.807, 2.05) is 0 Å². The molecule has 1 aromatic carbocycles. The third-order valence-corrected chi connectivity index (χ3v) is 2.43.